The summed E-state index contributed by atoms with van der Waals surface area (Å²) in [6.07, 6.45) is -0.291. The fraction of sp³-hybridized carbons (Fsp3) is 0.579. The second-order valence-corrected chi connectivity index (χ2v) is 7.12. The van der Waals surface area contributed by atoms with Gasteiger partial charge in [-0.05, 0) is 45.4 Å². The minimum atomic E-state index is -0.291. The van der Waals surface area contributed by atoms with E-state index in [1.807, 2.05) is 34.7 Å². The largest absolute Gasteiger partial charge is 0.375 e. The van der Waals surface area contributed by atoms with E-state index in [1.165, 1.54) is 12.1 Å². The molecule has 0 aliphatic rings. The Labute approximate surface area is 179 Å². The first-order chi connectivity index (χ1) is 12.2. The van der Waals surface area contributed by atoms with Gasteiger partial charge in [-0.25, -0.2) is 4.39 Å². The first kappa shape index (κ1) is 25.6. The van der Waals surface area contributed by atoms with Crippen LogP contribution in [0.2, 0.25) is 0 Å². The number of guanidine groups is 1. The molecule has 0 radical (unpaired) electrons. The number of carbonyl (C=O) groups excluding carboxylic acids is 1. The van der Waals surface area contributed by atoms with Crippen molar-refractivity contribution in [2.45, 2.75) is 39.3 Å². The maximum atomic E-state index is 13.1. The molecule has 0 saturated carbocycles. The molecule has 27 heavy (non-hydrogen) atoms. The fourth-order valence-corrected chi connectivity index (χ4v) is 2.38. The lowest BCUT2D eigenvalue weighted by atomic mass is 10.1. The molecule has 0 aromatic heterocycles. The molecule has 1 atom stereocenters. The van der Waals surface area contributed by atoms with E-state index < -0.39 is 0 Å². The number of carbonyl (C=O) groups is 1. The average molecular weight is 494 g/mol. The Morgan fingerprint density at radius 3 is 2.37 bits per heavy atom. The molecule has 0 heterocycles. The number of hydrogen-bond acceptors (Lipinski definition) is 3. The number of amides is 1. The number of hydrogen-bond donors (Lipinski definition) is 2. The summed E-state index contributed by atoms with van der Waals surface area (Å²) in [5.74, 6) is 0.248. The highest BCUT2D eigenvalue weighted by molar-refractivity contribution is 14.0. The lowest BCUT2D eigenvalue weighted by molar-refractivity contribution is -0.122. The van der Waals surface area contributed by atoms with Gasteiger partial charge in [-0.15, -0.1) is 24.0 Å². The number of rotatable bonds is 7. The van der Waals surface area contributed by atoms with Crippen molar-refractivity contribution in [3.8, 4) is 0 Å². The number of methoxy groups -OCH3 is 1. The minimum Gasteiger partial charge on any atom is -0.375 e. The summed E-state index contributed by atoms with van der Waals surface area (Å²) in [6.45, 7) is 9.01. The zero-order chi connectivity index (χ0) is 19.7. The van der Waals surface area contributed by atoms with Crippen molar-refractivity contribution in [2.24, 2.45) is 4.99 Å². The molecule has 0 bridgehead atoms. The minimum absolute atomic E-state index is 0. The molecule has 0 aliphatic carbocycles. The smallest absolute Gasteiger partial charge is 0.240 e. The van der Waals surface area contributed by atoms with Crippen LogP contribution < -0.4 is 10.6 Å². The molecule has 154 valence electrons. The first-order valence-electron chi connectivity index (χ1n) is 8.75. The van der Waals surface area contributed by atoms with Crippen LogP contribution in [0.25, 0.3) is 0 Å². The number of halogens is 2. The van der Waals surface area contributed by atoms with Gasteiger partial charge in [0.05, 0.1) is 13.1 Å². The molecule has 0 fully saturated rings. The monoisotopic (exact) mass is 494 g/mol. The molecule has 0 saturated heterocycles. The van der Waals surface area contributed by atoms with E-state index in [-0.39, 0.29) is 53.9 Å². The van der Waals surface area contributed by atoms with Gasteiger partial charge in [0.1, 0.15) is 11.9 Å². The number of ether oxygens (including phenoxy) is 1. The van der Waals surface area contributed by atoms with Crippen molar-refractivity contribution < 1.29 is 13.9 Å². The molecule has 1 aromatic rings. The Bertz CT molecular complexity index is 603. The third-order valence-electron chi connectivity index (χ3n) is 3.52. The van der Waals surface area contributed by atoms with Crippen LogP contribution in [-0.4, -0.2) is 56.1 Å². The highest BCUT2D eigenvalue weighted by atomic mass is 127. The van der Waals surface area contributed by atoms with Gasteiger partial charge in [0.15, 0.2) is 5.96 Å². The standard InChI is InChI=1S/C19H31FN4O2.HI/c1-7-21-18(24(5)13-17(25)23-19(2,3)4)22-12-16(26-6)14-8-10-15(20)11-9-14;/h8-11,16H,7,12-13H2,1-6H3,(H,21,22)(H,23,25);1H. The summed E-state index contributed by atoms with van der Waals surface area (Å²) in [6, 6.07) is 6.18. The van der Waals surface area contributed by atoms with Crippen LogP contribution in [0.3, 0.4) is 0 Å². The maximum absolute atomic E-state index is 13.1. The van der Waals surface area contributed by atoms with Gasteiger partial charge in [-0.2, -0.15) is 0 Å². The molecule has 0 aliphatic heterocycles. The van der Waals surface area contributed by atoms with Crippen LogP contribution in [0.1, 0.15) is 39.4 Å². The molecule has 0 spiro atoms. The number of benzene rings is 1. The highest BCUT2D eigenvalue weighted by Gasteiger charge is 2.17. The second kappa shape index (κ2) is 12.1. The van der Waals surface area contributed by atoms with E-state index in [0.29, 0.717) is 19.0 Å². The Morgan fingerprint density at radius 1 is 1.30 bits per heavy atom. The summed E-state index contributed by atoms with van der Waals surface area (Å²) in [5.41, 5.74) is 0.568. The molecular formula is C19H32FIN4O2. The highest BCUT2D eigenvalue weighted by Crippen LogP contribution is 2.17. The van der Waals surface area contributed by atoms with Gasteiger partial charge in [0.25, 0.3) is 0 Å². The summed E-state index contributed by atoms with van der Waals surface area (Å²) in [5, 5.41) is 6.10. The van der Waals surface area contributed by atoms with Crippen LogP contribution >= 0.6 is 24.0 Å². The maximum Gasteiger partial charge on any atom is 0.240 e. The quantitative estimate of drug-likeness (QED) is 0.348. The molecule has 2 N–H and O–H groups in total. The Hall–Kier alpha value is -1.42. The third-order valence-corrected chi connectivity index (χ3v) is 3.52. The van der Waals surface area contributed by atoms with E-state index in [2.05, 4.69) is 15.6 Å². The fourth-order valence-electron chi connectivity index (χ4n) is 2.38. The predicted molar refractivity (Wildman–Crippen MR) is 118 cm³/mol. The normalized spacial score (nSPS) is 12.8. The Morgan fingerprint density at radius 2 is 1.89 bits per heavy atom. The van der Waals surface area contributed by atoms with Crippen molar-refractivity contribution in [1.82, 2.24) is 15.5 Å². The first-order valence-corrected chi connectivity index (χ1v) is 8.75. The molecule has 1 aromatic carbocycles. The van der Waals surface area contributed by atoms with Crippen molar-refractivity contribution in [2.75, 3.05) is 33.8 Å². The van der Waals surface area contributed by atoms with Crippen molar-refractivity contribution in [1.29, 1.82) is 0 Å². The van der Waals surface area contributed by atoms with Crippen LogP contribution in [0, 0.1) is 5.82 Å². The Balaban J connectivity index is 0.00000676. The third kappa shape index (κ3) is 9.90. The van der Waals surface area contributed by atoms with Gasteiger partial charge in [-0.3, -0.25) is 9.79 Å². The number of nitrogens with zero attached hydrogens (tertiary/aromatic N) is 2. The van der Waals surface area contributed by atoms with E-state index in [4.69, 9.17) is 4.74 Å². The van der Waals surface area contributed by atoms with E-state index in [9.17, 15) is 9.18 Å². The van der Waals surface area contributed by atoms with Gasteiger partial charge in [0.2, 0.25) is 5.91 Å². The van der Waals surface area contributed by atoms with E-state index in [0.717, 1.165) is 5.56 Å². The SMILES string of the molecule is CCNC(=NCC(OC)c1ccc(F)cc1)N(C)CC(=O)NC(C)(C)C.I. The van der Waals surface area contributed by atoms with Gasteiger partial charge in [0, 0.05) is 26.2 Å². The van der Waals surface area contributed by atoms with Crippen LogP contribution in [0.5, 0.6) is 0 Å². The lowest BCUT2D eigenvalue weighted by Gasteiger charge is -2.25. The van der Waals surface area contributed by atoms with Crippen LogP contribution in [0.15, 0.2) is 29.3 Å². The van der Waals surface area contributed by atoms with Gasteiger partial charge < -0.3 is 20.3 Å². The number of nitrogens with one attached hydrogen (secondary N) is 2. The Kier molecular flexibility index (Phi) is 11.5. The summed E-state index contributed by atoms with van der Waals surface area (Å²) >= 11 is 0. The molecule has 6 nitrogen and oxygen atoms in total. The van der Waals surface area contributed by atoms with Crippen molar-refractivity contribution in [3.05, 3.63) is 35.6 Å². The zero-order valence-corrected chi connectivity index (χ0v) is 19.3. The topological polar surface area (TPSA) is 66.0 Å². The average Bonchev–Trinajstić information content (AvgIpc) is 2.53. The zero-order valence-electron chi connectivity index (χ0n) is 17.0. The summed E-state index contributed by atoms with van der Waals surface area (Å²) in [4.78, 5) is 18.5. The van der Waals surface area contributed by atoms with Gasteiger partial charge in [-0.1, -0.05) is 12.1 Å². The summed E-state index contributed by atoms with van der Waals surface area (Å²) in [7, 11) is 3.40. The van der Waals surface area contributed by atoms with E-state index in [1.54, 1.807) is 24.1 Å². The van der Waals surface area contributed by atoms with Gasteiger partial charge >= 0.3 is 0 Å². The molecule has 1 unspecified atom stereocenters. The second-order valence-electron chi connectivity index (χ2n) is 7.12. The molecule has 1 amide bonds. The van der Waals surface area contributed by atoms with E-state index >= 15 is 0 Å². The summed E-state index contributed by atoms with van der Waals surface area (Å²) < 4.78 is 18.6. The van der Waals surface area contributed by atoms with Crippen molar-refractivity contribution in [3.63, 3.8) is 0 Å². The predicted octanol–water partition coefficient (Wildman–Crippen LogP) is 2.94. The number of likely N-dealkylation sites (N-methyl/N-ethyl adjacent to an activating group) is 1. The van der Waals surface area contributed by atoms with Crippen molar-refractivity contribution >= 4 is 35.8 Å². The molecular weight excluding hydrogens is 462 g/mol. The number of aliphatic imine (C=N–C) groups is 1. The molecule has 1 rings (SSSR count). The lowest BCUT2D eigenvalue weighted by Crippen LogP contribution is -2.48. The van der Waals surface area contributed by atoms with Crippen LogP contribution in [-0.2, 0) is 9.53 Å². The molecule has 8 heteroatoms. The van der Waals surface area contributed by atoms with Crippen LogP contribution in [0.4, 0.5) is 4.39 Å².